The van der Waals surface area contributed by atoms with Gasteiger partial charge in [-0.25, -0.2) is 0 Å². The highest BCUT2D eigenvalue weighted by molar-refractivity contribution is 5.85. The Morgan fingerprint density at radius 2 is 2.17 bits per heavy atom. The van der Waals surface area contributed by atoms with Crippen LogP contribution in [-0.4, -0.2) is 31.6 Å². The number of nitrogens with zero attached hydrogens (tertiary/aromatic N) is 1. The van der Waals surface area contributed by atoms with Gasteiger partial charge in [0.1, 0.15) is 0 Å². The van der Waals surface area contributed by atoms with Gasteiger partial charge in [-0.05, 0) is 31.0 Å². The van der Waals surface area contributed by atoms with Crippen LogP contribution in [0.3, 0.4) is 0 Å². The molecular formula is C14H20ClNO2. The molecule has 0 aromatic heterocycles. The van der Waals surface area contributed by atoms with Crippen LogP contribution in [0.15, 0.2) is 24.3 Å². The maximum absolute atomic E-state index is 11.2. The highest BCUT2D eigenvalue weighted by Crippen LogP contribution is 2.31. The lowest BCUT2D eigenvalue weighted by Gasteiger charge is -2.34. The van der Waals surface area contributed by atoms with Gasteiger partial charge in [-0.15, -0.1) is 12.4 Å². The number of carbonyl (C=O) groups excluding carboxylic acids is 1. The summed E-state index contributed by atoms with van der Waals surface area (Å²) >= 11 is 0. The van der Waals surface area contributed by atoms with Gasteiger partial charge in [-0.3, -0.25) is 9.69 Å². The molecule has 18 heavy (non-hydrogen) atoms. The molecule has 1 heterocycles. The average molecular weight is 270 g/mol. The van der Waals surface area contributed by atoms with E-state index in [1.807, 2.05) is 0 Å². The molecule has 0 saturated carbocycles. The van der Waals surface area contributed by atoms with Crippen molar-refractivity contribution in [3.8, 4) is 0 Å². The number of halogens is 1. The van der Waals surface area contributed by atoms with Crippen LogP contribution in [0.5, 0.6) is 0 Å². The van der Waals surface area contributed by atoms with Crippen molar-refractivity contribution in [1.29, 1.82) is 0 Å². The van der Waals surface area contributed by atoms with Gasteiger partial charge in [0, 0.05) is 19.0 Å². The summed E-state index contributed by atoms with van der Waals surface area (Å²) in [5.74, 6) is -0.124. The zero-order valence-electron chi connectivity index (χ0n) is 10.9. The standard InChI is InChI=1S/C14H19NO2.ClH/c1-15-10-9-11-5-3-4-6-12(11)13(15)7-8-14(16)17-2;/h3-6,13H,7-10H2,1-2H3;1H. The zero-order valence-corrected chi connectivity index (χ0v) is 11.7. The fourth-order valence-corrected chi connectivity index (χ4v) is 2.51. The van der Waals surface area contributed by atoms with Gasteiger partial charge in [0.15, 0.2) is 0 Å². The molecule has 2 rings (SSSR count). The number of methoxy groups -OCH3 is 1. The first-order chi connectivity index (χ1) is 8.22. The molecule has 1 atom stereocenters. The second-order valence-corrected chi connectivity index (χ2v) is 4.56. The number of carbonyl (C=O) groups is 1. The normalized spacial score (nSPS) is 18.7. The van der Waals surface area contributed by atoms with E-state index in [-0.39, 0.29) is 18.4 Å². The number of hydrogen-bond donors (Lipinski definition) is 0. The molecule has 0 fully saturated rings. The van der Waals surface area contributed by atoms with Crippen molar-refractivity contribution in [2.24, 2.45) is 0 Å². The molecule has 0 radical (unpaired) electrons. The van der Waals surface area contributed by atoms with E-state index in [2.05, 4.69) is 36.2 Å². The second-order valence-electron chi connectivity index (χ2n) is 4.56. The monoisotopic (exact) mass is 269 g/mol. The average Bonchev–Trinajstić information content (AvgIpc) is 2.37. The summed E-state index contributed by atoms with van der Waals surface area (Å²) in [6, 6.07) is 8.87. The topological polar surface area (TPSA) is 29.5 Å². The van der Waals surface area contributed by atoms with Crippen molar-refractivity contribution >= 4 is 18.4 Å². The lowest BCUT2D eigenvalue weighted by Crippen LogP contribution is -2.32. The molecule has 1 unspecified atom stereocenters. The molecule has 100 valence electrons. The quantitative estimate of drug-likeness (QED) is 0.790. The van der Waals surface area contributed by atoms with Gasteiger partial charge in [-0.2, -0.15) is 0 Å². The first-order valence-electron chi connectivity index (χ1n) is 6.07. The molecule has 4 heteroatoms. The van der Waals surface area contributed by atoms with Gasteiger partial charge in [0.2, 0.25) is 0 Å². The largest absolute Gasteiger partial charge is 0.469 e. The summed E-state index contributed by atoms with van der Waals surface area (Å²) in [4.78, 5) is 13.6. The van der Waals surface area contributed by atoms with E-state index in [0.717, 1.165) is 19.4 Å². The van der Waals surface area contributed by atoms with Crippen molar-refractivity contribution in [3.63, 3.8) is 0 Å². The lowest BCUT2D eigenvalue weighted by atomic mass is 9.90. The summed E-state index contributed by atoms with van der Waals surface area (Å²) < 4.78 is 4.71. The van der Waals surface area contributed by atoms with Crippen molar-refractivity contribution in [3.05, 3.63) is 35.4 Å². The highest BCUT2D eigenvalue weighted by atomic mass is 35.5. The number of likely N-dealkylation sites (N-methyl/N-ethyl adjacent to an activating group) is 1. The van der Waals surface area contributed by atoms with Crippen molar-refractivity contribution in [2.45, 2.75) is 25.3 Å². The molecule has 1 aliphatic heterocycles. The van der Waals surface area contributed by atoms with Gasteiger partial charge in [-0.1, -0.05) is 24.3 Å². The minimum Gasteiger partial charge on any atom is -0.469 e. The van der Waals surface area contributed by atoms with Crippen LogP contribution >= 0.6 is 12.4 Å². The third-order valence-electron chi connectivity index (χ3n) is 3.53. The molecule has 0 N–H and O–H groups in total. The molecule has 1 aromatic carbocycles. The van der Waals surface area contributed by atoms with Crippen molar-refractivity contribution in [1.82, 2.24) is 4.90 Å². The molecular weight excluding hydrogens is 250 g/mol. The summed E-state index contributed by atoms with van der Waals surface area (Å²) in [6.07, 6.45) is 2.42. The summed E-state index contributed by atoms with van der Waals surface area (Å²) in [7, 11) is 3.57. The molecule has 0 bridgehead atoms. The number of hydrogen-bond acceptors (Lipinski definition) is 3. The van der Waals surface area contributed by atoms with Crippen molar-refractivity contribution in [2.75, 3.05) is 20.7 Å². The summed E-state index contributed by atoms with van der Waals surface area (Å²) in [6.45, 7) is 1.06. The Kier molecular flexibility index (Phi) is 5.63. The van der Waals surface area contributed by atoms with Crippen LogP contribution in [0.4, 0.5) is 0 Å². The second kappa shape index (κ2) is 6.76. The van der Waals surface area contributed by atoms with Gasteiger partial charge >= 0.3 is 5.97 Å². The minimum absolute atomic E-state index is 0. The molecule has 0 spiro atoms. The fraction of sp³-hybridized carbons (Fsp3) is 0.500. The third-order valence-corrected chi connectivity index (χ3v) is 3.53. The number of fused-ring (bicyclic) bond motifs is 1. The Bertz CT molecular complexity index is 409. The van der Waals surface area contributed by atoms with Crippen LogP contribution in [0.25, 0.3) is 0 Å². The Hall–Kier alpha value is -1.06. The van der Waals surface area contributed by atoms with Crippen LogP contribution in [0, 0.1) is 0 Å². The van der Waals surface area contributed by atoms with Crippen LogP contribution in [0.1, 0.15) is 30.0 Å². The molecule has 0 aliphatic carbocycles. The van der Waals surface area contributed by atoms with E-state index < -0.39 is 0 Å². The lowest BCUT2D eigenvalue weighted by molar-refractivity contribution is -0.141. The molecule has 3 nitrogen and oxygen atoms in total. The van der Waals surface area contributed by atoms with E-state index in [0.29, 0.717) is 12.5 Å². The Balaban J connectivity index is 0.00000162. The number of rotatable bonds is 3. The summed E-state index contributed by atoms with van der Waals surface area (Å²) in [5.41, 5.74) is 2.78. The molecule has 0 amide bonds. The number of benzene rings is 1. The minimum atomic E-state index is -0.124. The van der Waals surface area contributed by atoms with Crippen LogP contribution < -0.4 is 0 Å². The fourth-order valence-electron chi connectivity index (χ4n) is 2.51. The van der Waals surface area contributed by atoms with E-state index in [9.17, 15) is 4.79 Å². The van der Waals surface area contributed by atoms with E-state index in [1.54, 1.807) is 0 Å². The Morgan fingerprint density at radius 1 is 1.44 bits per heavy atom. The SMILES string of the molecule is COC(=O)CCC1c2ccccc2CCN1C.Cl. The first-order valence-corrected chi connectivity index (χ1v) is 6.07. The van der Waals surface area contributed by atoms with Gasteiger partial charge in [0.25, 0.3) is 0 Å². The van der Waals surface area contributed by atoms with Crippen LogP contribution in [-0.2, 0) is 16.0 Å². The zero-order chi connectivity index (χ0) is 12.3. The van der Waals surface area contributed by atoms with Gasteiger partial charge in [0.05, 0.1) is 7.11 Å². The number of ether oxygens (including phenoxy) is 1. The predicted octanol–water partition coefficient (Wildman–Crippen LogP) is 2.59. The summed E-state index contributed by atoms with van der Waals surface area (Å²) in [5, 5.41) is 0. The maximum Gasteiger partial charge on any atom is 0.305 e. The van der Waals surface area contributed by atoms with Crippen molar-refractivity contribution < 1.29 is 9.53 Å². The molecule has 0 saturated heterocycles. The van der Waals surface area contributed by atoms with Crippen LogP contribution in [0.2, 0.25) is 0 Å². The number of esters is 1. The Morgan fingerprint density at radius 3 is 2.89 bits per heavy atom. The maximum atomic E-state index is 11.2. The third kappa shape index (κ3) is 3.24. The van der Waals surface area contributed by atoms with E-state index >= 15 is 0 Å². The van der Waals surface area contributed by atoms with E-state index in [4.69, 9.17) is 4.74 Å². The first kappa shape index (κ1) is 15.0. The molecule has 1 aromatic rings. The predicted molar refractivity (Wildman–Crippen MR) is 74.0 cm³/mol. The van der Waals surface area contributed by atoms with Gasteiger partial charge < -0.3 is 4.74 Å². The Labute approximate surface area is 115 Å². The smallest absolute Gasteiger partial charge is 0.305 e. The van der Waals surface area contributed by atoms with E-state index in [1.165, 1.54) is 18.2 Å². The highest BCUT2D eigenvalue weighted by Gasteiger charge is 2.24. The molecule has 1 aliphatic rings.